The highest BCUT2D eigenvalue weighted by molar-refractivity contribution is 6.08. The Bertz CT molecular complexity index is 861. The van der Waals surface area contributed by atoms with Gasteiger partial charge in [0.25, 0.3) is 5.91 Å². The fourth-order valence-corrected chi connectivity index (χ4v) is 2.92. The van der Waals surface area contributed by atoms with E-state index in [9.17, 15) is 4.79 Å². The van der Waals surface area contributed by atoms with Crippen molar-refractivity contribution in [1.82, 2.24) is 9.97 Å². The smallest absolute Gasteiger partial charge is 0.258 e. The molecule has 0 saturated carbocycles. The minimum absolute atomic E-state index is 0.0341. The zero-order valence-corrected chi connectivity index (χ0v) is 12.5. The normalized spacial score (nSPS) is 13.7. The molecular formula is C19H15N3O. The van der Waals surface area contributed by atoms with Gasteiger partial charge in [0.1, 0.15) is 0 Å². The molecule has 0 spiro atoms. The molecule has 4 nitrogen and oxygen atoms in total. The number of amides is 1. The van der Waals surface area contributed by atoms with Gasteiger partial charge in [0.2, 0.25) is 0 Å². The third-order valence-electron chi connectivity index (χ3n) is 4.09. The maximum Gasteiger partial charge on any atom is 0.258 e. The highest BCUT2D eigenvalue weighted by atomic mass is 16.2. The van der Waals surface area contributed by atoms with E-state index in [-0.39, 0.29) is 5.91 Å². The monoisotopic (exact) mass is 301 g/mol. The molecule has 112 valence electrons. The lowest BCUT2D eigenvalue weighted by atomic mass is 9.98. The highest BCUT2D eigenvalue weighted by Crippen LogP contribution is 2.27. The first kappa shape index (κ1) is 13.6. The third-order valence-corrected chi connectivity index (χ3v) is 4.09. The molecule has 0 unspecified atom stereocenters. The number of carbonyl (C=O) groups excluding carboxylic acids is 1. The van der Waals surface area contributed by atoms with Gasteiger partial charge in [-0.05, 0) is 36.2 Å². The average molecular weight is 301 g/mol. The van der Waals surface area contributed by atoms with Gasteiger partial charge in [-0.25, -0.2) is 0 Å². The molecule has 1 aliphatic heterocycles. The number of fused-ring (bicyclic) bond motifs is 1. The van der Waals surface area contributed by atoms with Crippen molar-refractivity contribution in [1.29, 1.82) is 0 Å². The van der Waals surface area contributed by atoms with Crippen LogP contribution in [0.1, 0.15) is 15.9 Å². The summed E-state index contributed by atoms with van der Waals surface area (Å²) in [5, 5.41) is 0. The summed E-state index contributed by atoms with van der Waals surface area (Å²) in [7, 11) is 0. The van der Waals surface area contributed by atoms with Crippen LogP contribution in [0.25, 0.3) is 11.3 Å². The summed E-state index contributed by atoms with van der Waals surface area (Å²) in [4.78, 5) is 23.2. The Labute approximate surface area is 134 Å². The molecule has 1 aromatic carbocycles. The van der Waals surface area contributed by atoms with E-state index in [2.05, 4.69) is 9.97 Å². The number of benzene rings is 1. The maximum atomic E-state index is 12.7. The predicted octanol–water partition coefficient (Wildman–Crippen LogP) is 3.35. The lowest BCUT2D eigenvalue weighted by molar-refractivity contribution is 0.0980. The molecule has 0 N–H and O–H groups in total. The second kappa shape index (κ2) is 5.65. The van der Waals surface area contributed by atoms with Gasteiger partial charge in [0.15, 0.2) is 0 Å². The number of pyridine rings is 2. The lowest BCUT2D eigenvalue weighted by Crippen LogP contribution is -2.37. The van der Waals surface area contributed by atoms with Crippen LogP contribution in [0, 0.1) is 0 Å². The van der Waals surface area contributed by atoms with Crippen LogP contribution in [0.15, 0.2) is 67.1 Å². The van der Waals surface area contributed by atoms with E-state index >= 15 is 0 Å². The van der Waals surface area contributed by atoms with Crippen molar-refractivity contribution in [2.45, 2.75) is 6.42 Å². The van der Waals surface area contributed by atoms with Crippen LogP contribution in [0.4, 0.5) is 5.69 Å². The second-order valence-corrected chi connectivity index (χ2v) is 5.51. The maximum absolute atomic E-state index is 12.7. The second-order valence-electron chi connectivity index (χ2n) is 5.51. The summed E-state index contributed by atoms with van der Waals surface area (Å²) in [6.45, 7) is 0.670. The first-order valence-corrected chi connectivity index (χ1v) is 7.59. The lowest BCUT2D eigenvalue weighted by Gasteiger charge is -2.28. The molecule has 4 heteroatoms. The molecule has 3 heterocycles. The van der Waals surface area contributed by atoms with Gasteiger partial charge in [-0.3, -0.25) is 14.8 Å². The molecule has 1 aliphatic rings. The van der Waals surface area contributed by atoms with Gasteiger partial charge >= 0.3 is 0 Å². The van der Waals surface area contributed by atoms with Crippen molar-refractivity contribution in [3.63, 3.8) is 0 Å². The van der Waals surface area contributed by atoms with Crippen molar-refractivity contribution in [2.24, 2.45) is 0 Å². The average Bonchev–Trinajstić information content (AvgIpc) is 2.63. The number of carbonyl (C=O) groups is 1. The van der Waals surface area contributed by atoms with Gasteiger partial charge < -0.3 is 4.90 Å². The number of anilines is 1. The Balaban J connectivity index is 1.71. The van der Waals surface area contributed by atoms with Crippen LogP contribution in [-0.4, -0.2) is 22.4 Å². The standard InChI is InChI=1S/C19H15N3O/c23-19-17-6-2-1-5-14(17)8-10-22(19)16-11-15(12-20-13-16)18-7-3-4-9-21-18/h1-7,9,11-13H,8,10H2. The third kappa shape index (κ3) is 2.48. The van der Waals surface area contributed by atoms with Gasteiger partial charge in [-0.1, -0.05) is 24.3 Å². The van der Waals surface area contributed by atoms with E-state index in [0.29, 0.717) is 6.54 Å². The quantitative estimate of drug-likeness (QED) is 0.729. The Morgan fingerprint density at radius 1 is 1.00 bits per heavy atom. The highest BCUT2D eigenvalue weighted by Gasteiger charge is 2.25. The number of aromatic nitrogens is 2. The van der Waals surface area contributed by atoms with Crippen LogP contribution in [0.2, 0.25) is 0 Å². The zero-order valence-electron chi connectivity index (χ0n) is 12.5. The van der Waals surface area contributed by atoms with Gasteiger partial charge in [0.05, 0.1) is 17.6 Å². The molecule has 1 amide bonds. The SMILES string of the molecule is O=C1c2ccccc2CCN1c1cncc(-c2ccccn2)c1. The minimum atomic E-state index is 0.0341. The fourth-order valence-electron chi connectivity index (χ4n) is 2.92. The zero-order chi connectivity index (χ0) is 15.6. The predicted molar refractivity (Wildman–Crippen MR) is 89.3 cm³/mol. The number of hydrogen-bond acceptors (Lipinski definition) is 3. The van der Waals surface area contributed by atoms with E-state index in [1.54, 1.807) is 23.5 Å². The topological polar surface area (TPSA) is 46.1 Å². The van der Waals surface area contributed by atoms with Crippen molar-refractivity contribution in [3.8, 4) is 11.3 Å². The molecular weight excluding hydrogens is 286 g/mol. The van der Waals surface area contributed by atoms with Crippen molar-refractivity contribution in [3.05, 3.63) is 78.2 Å². The molecule has 0 fully saturated rings. The van der Waals surface area contributed by atoms with E-state index < -0.39 is 0 Å². The molecule has 4 rings (SSSR count). The number of rotatable bonds is 2. The van der Waals surface area contributed by atoms with Crippen LogP contribution in [0.3, 0.4) is 0 Å². The molecule has 0 atom stereocenters. The molecule has 3 aromatic rings. The molecule has 0 saturated heterocycles. The first-order chi connectivity index (χ1) is 11.3. The largest absolute Gasteiger partial charge is 0.306 e. The van der Waals surface area contributed by atoms with Crippen LogP contribution < -0.4 is 4.90 Å². The summed E-state index contributed by atoms with van der Waals surface area (Å²) in [6.07, 6.45) is 6.12. The summed E-state index contributed by atoms with van der Waals surface area (Å²) >= 11 is 0. The summed E-state index contributed by atoms with van der Waals surface area (Å²) in [5.74, 6) is 0.0341. The van der Waals surface area contributed by atoms with Gasteiger partial charge in [-0.2, -0.15) is 0 Å². The van der Waals surface area contributed by atoms with Crippen molar-refractivity contribution >= 4 is 11.6 Å². The van der Waals surface area contributed by atoms with Crippen molar-refractivity contribution in [2.75, 3.05) is 11.4 Å². The van der Waals surface area contributed by atoms with E-state index in [4.69, 9.17) is 0 Å². The Morgan fingerprint density at radius 3 is 2.74 bits per heavy atom. The molecule has 0 bridgehead atoms. The van der Waals surface area contributed by atoms with E-state index in [1.165, 1.54) is 0 Å². The Hall–Kier alpha value is -3.01. The number of nitrogens with zero attached hydrogens (tertiary/aromatic N) is 3. The summed E-state index contributed by atoms with van der Waals surface area (Å²) in [6, 6.07) is 15.5. The first-order valence-electron chi connectivity index (χ1n) is 7.59. The number of hydrogen-bond donors (Lipinski definition) is 0. The van der Waals surface area contributed by atoms with Crippen LogP contribution >= 0.6 is 0 Å². The van der Waals surface area contributed by atoms with Gasteiger partial charge in [-0.15, -0.1) is 0 Å². The van der Waals surface area contributed by atoms with Gasteiger partial charge in [0, 0.05) is 30.1 Å². The summed E-state index contributed by atoms with van der Waals surface area (Å²) < 4.78 is 0. The fraction of sp³-hybridized carbons (Fsp3) is 0.105. The van der Waals surface area contributed by atoms with E-state index in [1.807, 2.05) is 48.5 Å². The van der Waals surface area contributed by atoms with Crippen LogP contribution in [-0.2, 0) is 6.42 Å². The Kier molecular flexibility index (Phi) is 3.35. The molecule has 0 radical (unpaired) electrons. The van der Waals surface area contributed by atoms with Crippen LogP contribution in [0.5, 0.6) is 0 Å². The molecule has 2 aromatic heterocycles. The summed E-state index contributed by atoms with van der Waals surface area (Å²) in [5.41, 5.74) is 4.47. The molecule has 23 heavy (non-hydrogen) atoms. The van der Waals surface area contributed by atoms with E-state index in [0.717, 1.165) is 34.5 Å². The molecule has 0 aliphatic carbocycles. The minimum Gasteiger partial charge on any atom is -0.306 e. The van der Waals surface area contributed by atoms with Crippen molar-refractivity contribution < 1.29 is 4.79 Å². The Morgan fingerprint density at radius 2 is 1.87 bits per heavy atom.